The summed E-state index contributed by atoms with van der Waals surface area (Å²) in [5.41, 5.74) is 3.65. The summed E-state index contributed by atoms with van der Waals surface area (Å²) in [4.78, 5) is 20.7. The Morgan fingerprint density at radius 2 is 1.85 bits per heavy atom. The molecule has 26 heavy (non-hydrogen) atoms. The topological polar surface area (TPSA) is 65.1 Å². The van der Waals surface area contributed by atoms with Gasteiger partial charge in [0, 0.05) is 42.8 Å². The number of aromatic nitrogens is 3. The molecule has 1 saturated heterocycles. The predicted octanol–water partition coefficient (Wildman–Crippen LogP) is 2.93. The lowest BCUT2D eigenvalue weighted by atomic mass is 10.1. The number of aryl methyl sites for hydroxylation is 2. The minimum atomic E-state index is 0.108. The van der Waals surface area contributed by atoms with Crippen LogP contribution in [0.15, 0.2) is 36.4 Å². The summed E-state index contributed by atoms with van der Waals surface area (Å²) in [6.07, 6.45) is 0.919. The molecule has 0 spiro atoms. The van der Waals surface area contributed by atoms with Gasteiger partial charge in [0.2, 0.25) is 0 Å². The van der Waals surface area contributed by atoms with Crippen molar-refractivity contribution in [2.45, 2.75) is 20.3 Å². The third kappa shape index (κ3) is 3.03. The summed E-state index contributed by atoms with van der Waals surface area (Å²) >= 11 is 0. The molecule has 1 N–H and O–H groups in total. The van der Waals surface area contributed by atoms with E-state index in [1.165, 1.54) is 0 Å². The second-order valence-electron chi connectivity index (χ2n) is 6.84. The van der Waals surface area contributed by atoms with E-state index in [0.29, 0.717) is 6.54 Å². The number of para-hydroxylation sites is 1. The average Bonchev–Trinajstić information content (AvgIpc) is 2.81. The van der Waals surface area contributed by atoms with E-state index in [-0.39, 0.29) is 5.91 Å². The molecule has 1 fully saturated rings. The molecule has 0 saturated carbocycles. The maximum atomic E-state index is 13.2. The molecule has 1 aromatic carbocycles. The molecule has 2 aromatic heterocycles. The quantitative estimate of drug-likeness (QED) is 0.772. The molecule has 0 bridgehead atoms. The fourth-order valence-corrected chi connectivity index (χ4v) is 3.62. The molecule has 6 nitrogen and oxygen atoms in total. The first-order chi connectivity index (χ1) is 12.6. The van der Waals surface area contributed by atoms with E-state index in [4.69, 9.17) is 0 Å². The van der Waals surface area contributed by atoms with Crippen molar-refractivity contribution in [3.05, 3.63) is 53.3 Å². The molecule has 3 heterocycles. The Bertz CT molecular complexity index is 931. The third-order valence-electron chi connectivity index (χ3n) is 5.00. The number of carbonyl (C=O) groups is 1. The number of benzene rings is 1. The number of aromatic amines is 1. The van der Waals surface area contributed by atoms with Crippen molar-refractivity contribution < 1.29 is 4.79 Å². The van der Waals surface area contributed by atoms with Gasteiger partial charge in [0.15, 0.2) is 5.82 Å². The molecule has 3 aromatic rings. The monoisotopic (exact) mass is 349 g/mol. The third-order valence-corrected chi connectivity index (χ3v) is 5.00. The summed E-state index contributed by atoms with van der Waals surface area (Å²) in [5.74, 6) is 0.991. The van der Waals surface area contributed by atoms with E-state index < -0.39 is 0 Å². The summed E-state index contributed by atoms with van der Waals surface area (Å²) in [7, 11) is 0. The van der Waals surface area contributed by atoms with Crippen LogP contribution in [-0.2, 0) is 0 Å². The van der Waals surface area contributed by atoms with Crippen LogP contribution >= 0.6 is 0 Å². The van der Waals surface area contributed by atoms with E-state index in [1.807, 2.05) is 55.1 Å². The van der Waals surface area contributed by atoms with Crippen LogP contribution in [-0.4, -0.2) is 52.2 Å². The number of anilines is 1. The number of fused-ring (bicyclic) bond motifs is 1. The van der Waals surface area contributed by atoms with Crippen molar-refractivity contribution in [3.8, 4) is 0 Å². The highest BCUT2D eigenvalue weighted by atomic mass is 16.2. The molecular formula is C20H23N5O. The predicted molar refractivity (Wildman–Crippen MR) is 103 cm³/mol. The fraction of sp³-hybridized carbons (Fsp3) is 0.350. The lowest BCUT2D eigenvalue weighted by molar-refractivity contribution is 0.0768. The molecule has 0 aliphatic carbocycles. The highest BCUT2D eigenvalue weighted by Gasteiger charge is 2.24. The number of nitrogens with zero attached hydrogens (tertiary/aromatic N) is 4. The van der Waals surface area contributed by atoms with Gasteiger partial charge in [-0.3, -0.25) is 4.79 Å². The highest BCUT2D eigenvalue weighted by molar-refractivity contribution is 6.08. The van der Waals surface area contributed by atoms with E-state index in [2.05, 4.69) is 20.1 Å². The minimum Gasteiger partial charge on any atom is -0.358 e. The summed E-state index contributed by atoms with van der Waals surface area (Å²) in [6, 6.07) is 12.0. The molecule has 6 heteroatoms. The largest absolute Gasteiger partial charge is 0.358 e. The van der Waals surface area contributed by atoms with Crippen LogP contribution in [0.25, 0.3) is 10.9 Å². The molecule has 1 aliphatic heterocycles. The van der Waals surface area contributed by atoms with Crippen LogP contribution in [0.5, 0.6) is 0 Å². The van der Waals surface area contributed by atoms with E-state index in [0.717, 1.165) is 59.7 Å². The number of amides is 1. The van der Waals surface area contributed by atoms with E-state index in [1.54, 1.807) is 0 Å². The van der Waals surface area contributed by atoms with E-state index in [9.17, 15) is 4.79 Å². The van der Waals surface area contributed by atoms with Gasteiger partial charge in [0.25, 0.3) is 5.91 Å². The second-order valence-corrected chi connectivity index (χ2v) is 6.84. The van der Waals surface area contributed by atoms with Crippen LogP contribution in [0.2, 0.25) is 0 Å². The standard InChI is InChI=1S/C20H23N5O/c1-14-8-9-18(23-22-14)24-10-5-11-25(13-12-24)20(26)19-15(2)21-17-7-4-3-6-16(17)19/h3-4,6-9,21H,5,10-13H2,1-2H3. The Labute approximate surface area is 152 Å². The molecule has 4 rings (SSSR count). The lowest BCUT2D eigenvalue weighted by Crippen LogP contribution is -2.35. The number of hydrogen-bond donors (Lipinski definition) is 1. The smallest absolute Gasteiger partial charge is 0.256 e. The van der Waals surface area contributed by atoms with Crippen molar-refractivity contribution in [3.63, 3.8) is 0 Å². The van der Waals surface area contributed by atoms with Crippen molar-refractivity contribution in [1.29, 1.82) is 0 Å². The van der Waals surface area contributed by atoms with Crippen molar-refractivity contribution in [2.24, 2.45) is 0 Å². The average molecular weight is 349 g/mol. The van der Waals surface area contributed by atoms with Gasteiger partial charge in [-0.25, -0.2) is 0 Å². The van der Waals surface area contributed by atoms with Gasteiger partial charge < -0.3 is 14.8 Å². The normalized spacial score (nSPS) is 15.3. The number of nitrogens with one attached hydrogen (secondary N) is 1. The van der Waals surface area contributed by atoms with Crippen LogP contribution < -0.4 is 4.90 Å². The first kappa shape index (κ1) is 16.6. The van der Waals surface area contributed by atoms with Gasteiger partial charge in [-0.15, -0.1) is 5.10 Å². The molecule has 1 aliphatic rings. The highest BCUT2D eigenvalue weighted by Crippen LogP contribution is 2.24. The zero-order valence-corrected chi connectivity index (χ0v) is 15.2. The number of H-pyrrole nitrogens is 1. The van der Waals surface area contributed by atoms with Crippen LogP contribution in [0.4, 0.5) is 5.82 Å². The SMILES string of the molecule is Cc1ccc(N2CCCN(C(=O)c3c(C)[nH]c4ccccc34)CC2)nn1. The zero-order valence-electron chi connectivity index (χ0n) is 15.2. The number of rotatable bonds is 2. The summed E-state index contributed by atoms with van der Waals surface area (Å²) in [6.45, 7) is 7.00. The Hall–Kier alpha value is -2.89. The van der Waals surface area contributed by atoms with Crippen LogP contribution in [0, 0.1) is 13.8 Å². The van der Waals surface area contributed by atoms with Gasteiger partial charge in [-0.05, 0) is 38.5 Å². The van der Waals surface area contributed by atoms with E-state index >= 15 is 0 Å². The zero-order chi connectivity index (χ0) is 18.1. The van der Waals surface area contributed by atoms with Gasteiger partial charge in [-0.2, -0.15) is 5.10 Å². The van der Waals surface area contributed by atoms with Gasteiger partial charge in [0.1, 0.15) is 0 Å². The molecule has 0 atom stereocenters. The van der Waals surface area contributed by atoms with Gasteiger partial charge >= 0.3 is 0 Å². The molecule has 134 valence electrons. The molecule has 1 amide bonds. The van der Waals surface area contributed by atoms with Gasteiger partial charge in [0.05, 0.1) is 11.3 Å². The summed E-state index contributed by atoms with van der Waals surface area (Å²) in [5, 5.41) is 9.44. The van der Waals surface area contributed by atoms with Crippen molar-refractivity contribution in [1.82, 2.24) is 20.1 Å². The van der Waals surface area contributed by atoms with Crippen molar-refractivity contribution >= 4 is 22.6 Å². The Balaban J connectivity index is 1.54. The van der Waals surface area contributed by atoms with Crippen LogP contribution in [0.3, 0.4) is 0 Å². The fourth-order valence-electron chi connectivity index (χ4n) is 3.62. The number of carbonyl (C=O) groups excluding carboxylic acids is 1. The number of hydrogen-bond acceptors (Lipinski definition) is 4. The second kappa shape index (κ2) is 6.78. The van der Waals surface area contributed by atoms with Gasteiger partial charge in [-0.1, -0.05) is 18.2 Å². The summed E-state index contributed by atoms with van der Waals surface area (Å²) < 4.78 is 0. The Morgan fingerprint density at radius 1 is 1.00 bits per heavy atom. The maximum absolute atomic E-state index is 13.2. The first-order valence-electron chi connectivity index (χ1n) is 9.05. The Morgan fingerprint density at radius 3 is 2.65 bits per heavy atom. The van der Waals surface area contributed by atoms with Crippen LogP contribution in [0.1, 0.15) is 28.2 Å². The molecule has 0 unspecified atom stereocenters. The first-order valence-corrected chi connectivity index (χ1v) is 9.05. The minimum absolute atomic E-state index is 0.108. The molecule has 0 radical (unpaired) electrons. The maximum Gasteiger partial charge on any atom is 0.256 e. The lowest BCUT2D eigenvalue weighted by Gasteiger charge is -2.22. The Kier molecular flexibility index (Phi) is 4.32. The molecular weight excluding hydrogens is 326 g/mol. The van der Waals surface area contributed by atoms with Crippen molar-refractivity contribution in [2.75, 3.05) is 31.1 Å².